The van der Waals surface area contributed by atoms with Gasteiger partial charge in [-0.25, -0.2) is 0 Å². The number of nitrogens with two attached hydrogens (primary N) is 1. The highest BCUT2D eigenvalue weighted by atomic mass is 16.5. The van der Waals surface area contributed by atoms with Gasteiger partial charge in [0.05, 0.1) is 11.9 Å². The molecule has 1 aromatic heterocycles. The first kappa shape index (κ1) is 18.7. The van der Waals surface area contributed by atoms with E-state index in [-0.39, 0.29) is 17.8 Å². The first-order valence-electron chi connectivity index (χ1n) is 9.24. The Morgan fingerprint density at radius 2 is 1.69 bits per heavy atom. The zero-order valence-electron chi connectivity index (χ0n) is 15.6. The first-order chi connectivity index (χ1) is 14.1. The second kappa shape index (κ2) is 8.12. The van der Waals surface area contributed by atoms with E-state index in [0.29, 0.717) is 40.2 Å². The number of hydrogen-bond donors (Lipinski definition) is 1. The van der Waals surface area contributed by atoms with E-state index >= 15 is 0 Å². The van der Waals surface area contributed by atoms with Gasteiger partial charge in [0.1, 0.15) is 22.8 Å². The smallest absolute Gasteiger partial charge is 0.193 e. The van der Waals surface area contributed by atoms with Crippen molar-refractivity contribution in [2.24, 2.45) is 5.73 Å². The van der Waals surface area contributed by atoms with E-state index in [1.807, 2.05) is 30.3 Å². The Morgan fingerprint density at radius 1 is 0.897 bits per heavy atom. The van der Waals surface area contributed by atoms with Crippen LogP contribution in [-0.2, 0) is 13.0 Å². The van der Waals surface area contributed by atoms with E-state index in [0.717, 1.165) is 5.56 Å². The number of benzene rings is 3. The zero-order chi connectivity index (χ0) is 20.2. The molecule has 0 amide bonds. The molecule has 2 N–H and O–H groups in total. The second-order valence-corrected chi connectivity index (χ2v) is 6.65. The Bertz CT molecular complexity index is 1230. The van der Waals surface area contributed by atoms with Gasteiger partial charge in [0.25, 0.3) is 0 Å². The Kier molecular flexibility index (Phi) is 5.22. The lowest BCUT2D eigenvalue weighted by atomic mass is 10.0. The monoisotopic (exact) mass is 385 g/mol. The summed E-state index contributed by atoms with van der Waals surface area (Å²) in [6, 6.07) is 23.0. The molecule has 5 heteroatoms. The summed E-state index contributed by atoms with van der Waals surface area (Å²) in [5, 5.41) is 0.460. The minimum Gasteiger partial charge on any atom is -0.459 e. The zero-order valence-corrected chi connectivity index (χ0v) is 15.6. The molecule has 0 radical (unpaired) electrons. The molecule has 0 bridgehead atoms. The Labute approximate surface area is 167 Å². The lowest BCUT2D eigenvalue weighted by Gasteiger charge is -2.09. The third kappa shape index (κ3) is 4.25. The normalized spacial score (nSPS) is 10.8. The van der Waals surface area contributed by atoms with Gasteiger partial charge in [-0.3, -0.25) is 9.59 Å². The van der Waals surface area contributed by atoms with Gasteiger partial charge in [0, 0.05) is 24.1 Å². The Morgan fingerprint density at radius 3 is 2.48 bits per heavy atom. The minimum absolute atomic E-state index is 0.0127. The van der Waals surface area contributed by atoms with Crippen LogP contribution in [0.3, 0.4) is 0 Å². The van der Waals surface area contributed by atoms with Crippen LogP contribution in [0.25, 0.3) is 11.0 Å². The van der Waals surface area contributed by atoms with Crippen molar-refractivity contribution >= 4 is 16.8 Å². The lowest BCUT2D eigenvalue weighted by molar-refractivity contribution is 0.0992. The molecular weight excluding hydrogens is 366 g/mol. The van der Waals surface area contributed by atoms with Crippen molar-refractivity contribution in [3.05, 3.63) is 106 Å². The third-order valence-corrected chi connectivity index (χ3v) is 4.55. The molecule has 4 rings (SSSR count). The van der Waals surface area contributed by atoms with Crippen LogP contribution in [0.1, 0.15) is 21.7 Å². The van der Waals surface area contributed by atoms with Crippen LogP contribution in [0.5, 0.6) is 11.5 Å². The SMILES string of the molecule is NCc1cc(=O)c2ccc(Oc3cccc(C(=O)Cc4ccccc4)c3)cc2o1. The molecule has 0 unspecified atom stereocenters. The van der Waals surface area contributed by atoms with Crippen molar-refractivity contribution in [2.45, 2.75) is 13.0 Å². The number of ether oxygens (including phenoxy) is 1. The first-order valence-corrected chi connectivity index (χ1v) is 9.24. The largest absolute Gasteiger partial charge is 0.459 e. The average molecular weight is 385 g/mol. The van der Waals surface area contributed by atoms with Gasteiger partial charge in [-0.2, -0.15) is 0 Å². The molecule has 0 aliphatic carbocycles. The van der Waals surface area contributed by atoms with Gasteiger partial charge in [-0.15, -0.1) is 0 Å². The van der Waals surface area contributed by atoms with Crippen molar-refractivity contribution in [1.82, 2.24) is 0 Å². The number of rotatable bonds is 6. The lowest BCUT2D eigenvalue weighted by Crippen LogP contribution is -2.05. The number of fused-ring (bicyclic) bond motifs is 1. The highest BCUT2D eigenvalue weighted by Crippen LogP contribution is 2.26. The van der Waals surface area contributed by atoms with E-state index in [1.54, 1.807) is 42.5 Å². The Hall–Kier alpha value is -3.70. The quantitative estimate of drug-likeness (QED) is 0.495. The summed E-state index contributed by atoms with van der Waals surface area (Å²) in [6.07, 6.45) is 0.327. The fourth-order valence-electron chi connectivity index (χ4n) is 3.10. The summed E-state index contributed by atoms with van der Waals surface area (Å²) in [5.74, 6) is 1.45. The molecule has 0 aliphatic rings. The molecule has 1 heterocycles. The summed E-state index contributed by atoms with van der Waals surface area (Å²) in [4.78, 5) is 24.7. The summed E-state index contributed by atoms with van der Waals surface area (Å²) in [5.41, 5.74) is 7.37. The van der Waals surface area contributed by atoms with Crippen LogP contribution in [0.15, 0.2) is 88.1 Å². The van der Waals surface area contributed by atoms with Crippen LogP contribution >= 0.6 is 0 Å². The number of ketones is 1. The van der Waals surface area contributed by atoms with Gasteiger partial charge in [0.2, 0.25) is 0 Å². The summed E-state index contributed by atoms with van der Waals surface area (Å²) in [6.45, 7) is 0.141. The molecule has 0 saturated carbocycles. The van der Waals surface area contributed by atoms with Crippen molar-refractivity contribution in [3.8, 4) is 11.5 Å². The molecular formula is C24H19NO4. The predicted molar refractivity (Wildman–Crippen MR) is 111 cm³/mol. The van der Waals surface area contributed by atoms with E-state index < -0.39 is 0 Å². The molecule has 5 nitrogen and oxygen atoms in total. The van der Waals surface area contributed by atoms with Crippen LogP contribution in [0, 0.1) is 0 Å². The predicted octanol–water partition coefficient (Wildman–Crippen LogP) is 4.47. The minimum atomic E-state index is -0.147. The molecule has 0 fully saturated rings. The van der Waals surface area contributed by atoms with Crippen molar-refractivity contribution in [1.29, 1.82) is 0 Å². The maximum atomic E-state index is 12.6. The van der Waals surface area contributed by atoms with Gasteiger partial charge in [-0.1, -0.05) is 42.5 Å². The topological polar surface area (TPSA) is 82.5 Å². The average Bonchev–Trinajstić information content (AvgIpc) is 2.74. The molecule has 144 valence electrons. The van der Waals surface area contributed by atoms with Crippen molar-refractivity contribution in [2.75, 3.05) is 0 Å². The molecule has 29 heavy (non-hydrogen) atoms. The van der Waals surface area contributed by atoms with E-state index in [4.69, 9.17) is 14.9 Å². The summed E-state index contributed by atoms with van der Waals surface area (Å²) < 4.78 is 11.5. The van der Waals surface area contributed by atoms with Crippen LogP contribution in [0.4, 0.5) is 0 Å². The Balaban J connectivity index is 1.57. The second-order valence-electron chi connectivity index (χ2n) is 6.65. The fourth-order valence-corrected chi connectivity index (χ4v) is 3.10. The maximum absolute atomic E-state index is 12.6. The molecule has 3 aromatic carbocycles. The van der Waals surface area contributed by atoms with Gasteiger partial charge < -0.3 is 14.9 Å². The molecule has 0 atom stereocenters. The van der Waals surface area contributed by atoms with E-state index in [9.17, 15) is 9.59 Å². The fraction of sp³-hybridized carbons (Fsp3) is 0.0833. The van der Waals surface area contributed by atoms with Gasteiger partial charge >= 0.3 is 0 Å². The maximum Gasteiger partial charge on any atom is 0.193 e. The van der Waals surface area contributed by atoms with Crippen molar-refractivity contribution < 1.29 is 13.9 Å². The highest BCUT2D eigenvalue weighted by molar-refractivity contribution is 5.97. The third-order valence-electron chi connectivity index (χ3n) is 4.55. The van der Waals surface area contributed by atoms with Gasteiger partial charge in [-0.05, 0) is 29.8 Å². The van der Waals surface area contributed by atoms with Gasteiger partial charge in [0.15, 0.2) is 11.2 Å². The summed E-state index contributed by atoms with van der Waals surface area (Å²) in [7, 11) is 0. The van der Waals surface area contributed by atoms with Crippen LogP contribution in [0.2, 0.25) is 0 Å². The standard InChI is InChI=1S/C24H19NO4/c25-15-20-13-23(27)21-10-9-19(14-24(21)29-20)28-18-8-4-7-17(12-18)22(26)11-16-5-2-1-3-6-16/h1-10,12-14H,11,15,25H2. The van der Waals surface area contributed by atoms with E-state index in [2.05, 4.69) is 0 Å². The number of Topliss-reactive ketones (excluding diaryl/α,β-unsaturated/α-hetero) is 1. The number of hydrogen-bond acceptors (Lipinski definition) is 5. The molecule has 0 saturated heterocycles. The highest BCUT2D eigenvalue weighted by Gasteiger charge is 2.10. The summed E-state index contributed by atoms with van der Waals surface area (Å²) >= 11 is 0. The number of carbonyl (C=O) groups is 1. The van der Waals surface area contributed by atoms with Crippen molar-refractivity contribution in [3.63, 3.8) is 0 Å². The molecule has 4 aromatic rings. The molecule has 0 spiro atoms. The van der Waals surface area contributed by atoms with E-state index in [1.165, 1.54) is 6.07 Å². The number of carbonyl (C=O) groups excluding carboxylic acids is 1. The van der Waals surface area contributed by atoms with Crippen LogP contribution in [-0.4, -0.2) is 5.78 Å². The van der Waals surface area contributed by atoms with Crippen LogP contribution < -0.4 is 15.9 Å². The molecule has 0 aliphatic heterocycles.